The smallest absolute Gasteiger partial charge is 0.223 e. The van der Waals surface area contributed by atoms with Gasteiger partial charge < -0.3 is 69.5 Å². The lowest BCUT2D eigenvalue weighted by Crippen LogP contribution is -2.67. The lowest BCUT2D eigenvalue weighted by molar-refractivity contribution is -0.371. The van der Waals surface area contributed by atoms with Gasteiger partial charge in [0.2, 0.25) is 5.91 Å². The van der Waals surface area contributed by atoms with Crippen molar-refractivity contribution in [1.82, 2.24) is 5.32 Å². The van der Waals surface area contributed by atoms with Crippen LogP contribution in [-0.4, -0.2) is 146 Å². The van der Waals surface area contributed by atoms with Crippen molar-refractivity contribution < 1.29 is 69.0 Å². The Hall–Kier alpha value is -1.05. The predicted octanol–water partition coefficient (Wildman–Crippen LogP) is -3.55. The van der Waals surface area contributed by atoms with Gasteiger partial charge in [-0.05, 0) is 34.6 Å². The summed E-state index contributed by atoms with van der Waals surface area (Å²) in [5.41, 5.74) is -1.27. The molecule has 0 bridgehead atoms. The molecular formula is C24H43NO14. The van der Waals surface area contributed by atoms with E-state index in [1.165, 1.54) is 34.8 Å². The van der Waals surface area contributed by atoms with Gasteiger partial charge in [0.25, 0.3) is 0 Å². The Labute approximate surface area is 226 Å². The fraction of sp³-hybridized carbons (Fsp3) is 0.958. The van der Waals surface area contributed by atoms with Crippen LogP contribution in [0.4, 0.5) is 0 Å². The third-order valence-electron chi connectivity index (χ3n) is 7.18. The third kappa shape index (κ3) is 7.43. The molecular weight excluding hydrogens is 526 g/mol. The zero-order valence-electron chi connectivity index (χ0n) is 22.9. The van der Waals surface area contributed by atoms with Crippen LogP contribution in [0.15, 0.2) is 0 Å². The predicted molar refractivity (Wildman–Crippen MR) is 129 cm³/mol. The molecule has 0 radical (unpaired) electrons. The number of nitrogens with one attached hydrogen (secondary N) is 1. The van der Waals surface area contributed by atoms with E-state index < -0.39 is 104 Å². The SMILES string of the molecule is CO[C@H]1[C@H](O[C@@H]2[C@@H](O)[C@H](C)O[C@H](O[C@@H]3[C@@H](O)[C@H](C)O[C@@H](O)[C@@H]3O)[C@@H]2O)O[C@H](C)[C@@H](NC(=O)CC(C)(C)O)[C@@H]1O. The van der Waals surface area contributed by atoms with E-state index in [-0.39, 0.29) is 6.42 Å². The highest BCUT2D eigenvalue weighted by atomic mass is 16.7. The quantitative estimate of drug-likeness (QED) is 0.142. The van der Waals surface area contributed by atoms with Crippen LogP contribution in [0.25, 0.3) is 0 Å². The monoisotopic (exact) mass is 569 g/mol. The molecule has 1 amide bonds. The van der Waals surface area contributed by atoms with Gasteiger partial charge in [0, 0.05) is 7.11 Å². The van der Waals surface area contributed by atoms with E-state index in [2.05, 4.69) is 5.32 Å². The summed E-state index contributed by atoms with van der Waals surface area (Å²) >= 11 is 0. The number of aliphatic hydroxyl groups is 7. The molecule has 0 saturated carbocycles. The summed E-state index contributed by atoms with van der Waals surface area (Å²) in [4.78, 5) is 12.4. The van der Waals surface area contributed by atoms with E-state index in [1.807, 2.05) is 0 Å². The summed E-state index contributed by atoms with van der Waals surface area (Å²) in [5, 5.41) is 75.9. The van der Waals surface area contributed by atoms with Gasteiger partial charge >= 0.3 is 0 Å². The number of carbonyl (C=O) groups excluding carboxylic acids is 1. The number of methoxy groups -OCH3 is 1. The molecule has 3 saturated heterocycles. The molecule has 0 aliphatic carbocycles. The summed E-state index contributed by atoms with van der Waals surface area (Å²) in [6.45, 7) is 7.47. The zero-order chi connectivity index (χ0) is 29.4. The first-order chi connectivity index (χ1) is 18.0. The van der Waals surface area contributed by atoms with Gasteiger partial charge in [-0.3, -0.25) is 4.79 Å². The minimum absolute atomic E-state index is 0.216. The van der Waals surface area contributed by atoms with Crippen molar-refractivity contribution in [3.8, 4) is 0 Å². The van der Waals surface area contributed by atoms with Crippen LogP contribution < -0.4 is 5.32 Å². The van der Waals surface area contributed by atoms with Gasteiger partial charge in [0.1, 0.15) is 48.8 Å². The molecule has 0 spiro atoms. The maximum absolute atomic E-state index is 12.4. The normalized spacial score (nSPS) is 47.6. The number of carbonyl (C=O) groups is 1. The molecule has 0 unspecified atom stereocenters. The van der Waals surface area contributed by atoms with E-state index in [4.69, 9.17) is 28.4 Å². The Kier molecular flexibility index (Phi) is 10.7. The summed E-state index contributed by atoms with van der Waals surface area (Å²) in [6.07, 6.45) is -18.8. The van der Waals surface area contributed by atoms with Gasteiger partial charge in [-0.1, -0.05) is 0 Å². The van der Waals surface area contributed by atoms with Crippen LogP contribution in [0.2, 0.25) is 0 Å². The number of hydrogen-bond acceptors (Lipinski definition) is 14. The standard InChI is InChI=1S/C24H43NO14/c1-8-12(25-11(26)7-24(4,5)33)15(29)20(34-6)23(36-8)39-19-14(28)10(3)37-22(17(19)31)38-18-13(27)9(2)35-21(32)16(18)30/h8-10,12-23,27-33H,7H2,1-6H3,(H,25,26)/t8-,9+,10+,12-,13+,14+,15+,16-,17-,18-,19-,20-,21-,22-,23+/m1/s1. The summed E-state index contributed by atoms with van der Waals surface area (Å²) in [7, 11) is 1.28. The molecule has 0 aromatic heterocycles. The van der Waals surface area contributed by atoms with Gasteiger partial charge in [0.05, 0.1) is 36.4 Å². The van der Waals surface area contributed by atoms with Gasteiger partial charge in [0.15, 0.2) is 18.9 Å². The van der Waals surface area contributed by atoms with E-state index >= 15 is 0 Å². The second-order valence-corrected chi connectivity index (χ2v) is 11.1. The Morgan fingerprint density at radius 1 is 0.744 bits per heavy atom. The number of amides is 1. The maximum Gasteiger partial charge on any atom is 0.223 e. The van der Waals surface area contributed by atoms with Crippen molar-refractivity contribution in [3.05, 3.63) is 0 Å². The lowest BCUT2D eigenvalue weighted by Gasteiger charge is -2.48. The van der Waals surface area contributed by atoms with Crippen LogP contribution in [0.5, 0.6) is 0 Å². The van der Waals surface area contributed by atoms with Crippen LogP contribution in [0.1, 0.15) is 41.0 Å². The average Bonchev–Trinajstić information content (AvgIpc) is 2.83. The van der Waals surface area contributed by atoms with Crippen LogP contribution >= 0.6 is 0 Å². The summed E-state index contributed by atoms with van der Waals surface area (Å²) in [5.74, 6) is -0.516. The first-order valence-electron chi connectivity index (χ1n) is 13.0. The Balaban J connectivity index is 1.72. The van der Waals surface area contributed by atoms with Crippen molar-refractivity contribution in [2.75, 3.05) is 7.11 Å². The molecule has 3 rings (SSSR count). The zero-order valence-corrected chi connectivity index (χ0v) is 22.9. The molecule has 228 valence electrons. The molecule has 3 heterocycles. The van der Waals surface area contributed by atoms with Crippen molar-refractivity contribution in [3.63, 3.8) is 0 Å². The number of hydrogen-bond donors (Lipinski definition) is 8. The highest BCUT2D eigenvalue weighted by molar-refractivity contribution is 5.77. The minimum Gasteiger partial charge on any atom is -0.390 e. The summed E-state index contributed by atoms with van der Waals surface area (Å²) in [6, 6.07) is -0.922. The van der Waals surface area contributed by atoms with Crippen molar-refractivity contribution in [1.29, 1.82) is 0 Å². The Bertz CT molecular complexity index is 798. The van der Waals surface area contributed by atoms with E-state index in [0.29, 0.717) is 0 Å². The maximum atomic E-state index is 12.4. The molecule has 3 aliphatic rings. The fourth-order valence-electron chi connectivity index (χ4n) is 4.96. The van der Waals surface area contributed by atoms with Crippen molar-refractivity contribution in [2.24, 2.45) is 0 Å². The number of ether oxygens (including phenoxy) is 6. The van der Waals surface area contributed by atoms with Crippen molar-refractivity contribution >= 4 is 5.91 Å². The molecule has 3 fully saturated rings. The molecule has 39 heavy (non-hydrogen) atoms. The first kappa shape index (κ1) is 32.5. The fourth-order valence-corrected chi connectivity index (χ4v) is 4.96. The second kappa shape index (κ2) is 12.9. The van der Waals surface area contributed by atoms with E-state index in [9.17, 15) is 40.5 Å². The molecule has 15 atom stereocenters. The topological polar surface area (TPSA) is 226 Å². The highest BCUT2D eigenvalue weighted by Gasteiger charge is 2.52. The first-order valence-corrected chi connectivity index (χ1v) is 13.0. The molecule has 15 nitrogen and oxygen atoms in total. The van der Waals surface area contributed by atoms with Gasteiger partial charge in [-0.15, -0.1) is 0 Å². The molecule has 0 aromatic carbocycles. The van der Waals surface area contributed by atoms with Crippen molar-refractivity contribution in [2.45, 2.75) is 139 Å². The Morgan fingerprint density at radius 3 is 1.82 bits per heavy atom. The van der Waals surface area contributed by atoms with Gasteiger partial charge in [-0.2, -0.15) is 0 Å². The summed E-state index contributed by atoms with van der Waals surface area (Å²) < 4.78 is 33.4. The second-order valence-electron chi connectivity index (χ2n) is 11.1. The highest BCUT2D eigenvalue weighted by Crippen LogP contribution is 2.32. The minimum atomic E-state index is -1.68. The van der Waals surface area contributed by atoms with Gasteiger partial charge in [-0.25, -0.2) is 0 Å². The Morgan fingerprint density at radius 2 is 1.26 bits per heavy atom. The third-order valence-corrected chi connectivity index (χ3v) is 7.18. The van der Waals surface area contributed by atoms with Crippen LogP contribution in [0.3, 0.4) is 0 Å². The average molecular weight is 570 g/mol. The lowest BCUT2D eigenvalue weighted by atomic mass is 9.94. The number of rotatable bonds is 8. The van der Waals surface area contributed by atoms with E-state index in [1.54, 1.807) is 6.92 Å². The largest absolute Gasteiger partial charge is 0.390 e. The molecule has 8 N–H and O–H groups in total. The number of aliphatic hydroxyl groups excluding tert-OH is 6. The molecule has 0 aromatic rings. The van der Waals surface area contributed by atoms with E-state index in [0.717, 1.165) is 0 Å². The van der Waals surface area contributed by atoms with Crippen LogP contribution in [-0.2, 0) is 33.2 Å². The molecule has 15 heteroatoms. The molecule has 3 aliphatic heterocycles. The van der Waals surface area contributed by atoms with Crippen LogP contribution in [0, 0.1) is 0 Å².